The third-order valence-electron chi connectivity index (χ3n) is 4.23. The molecule has 1 unspecified atom stereocenters. The van der Waals surface area contributed by atoms with Crippen LogP contribution >= 0.6 is 0 Å². The van der Waals surface area contributed by atoms with Crippen LogP contribution in [0, 0.1) is 11.8 Å². The van der Waals surface area contributed by atoms with Gasteiger partial charge in [0.2, 0.25) is 0 Å². The summed E-state index contributed by atoms with van der Waals surface area (Å²) in [6.45, 7) is 17.6. The first kappa shape index (κ1) is 20.2. The molecule has 2 heteroatoms. The second-order valence-corrected chi connectivity index (χ2v) is 8.71. The summed E-state index contributed by atoms with van der Waals surface area (Å²) in [7, 11) is 0. The van der Waals surface area contributed by atoms with E-state index in [0.29, 0.717) is 11.8 Å². The van der Waals surface area contributed by atoms with Gasteiger partial charge in [-0.1, -0.05) is 52.0 Å². The molecule has 0 aliphatic heterocycles. The van der Waals surface area contributed by atoms with Gasteiger partial charge in [0.1, 0.15) is 0 Å². The van der Waals surface area contributed by atoms with Gasteiger partial charge < -0.3 is 10.5 Å². The van der Waals surface area contributed by atoms with E-state index in [1.807, 2.05) is 0 Å². The smallest absolute Gasteiger partial charge is 0.0807 e. The van der Waals surface area contributed by atoms with Crippen molar-refractivity contribution in [2.45, 2.75) is 85.5 Å². The second kappa shape index (κ2) is 7.81. The van der Waals surface area contributed by atoms with Gasteiger partial charge in [-0.05, 0) is 63.5 Å². The maximum atomic E-state index is 6.63. The highest BCUT2D eigenvalue weighted by atomic mass is 16.5. The van der Waals surface area contributed by atoms with E-state index in [9.17, 15) is 0 Å². The van der Waals surface area contributed by atoms with Crippen LogP contribution in [0.2, 0.25) is 0 Å². The molecule has 1 atom stereocenters. The molecule has 0 radical (unpaired) electrons. The number of rotatable bonds is 8. The van der Waals surface area contributed by atoms with Crippen LogP contribution in [0.4, 0.5) is 0 Å². The minimum absolute atomic E-state index is 0.0384. The van der Waals surface area contributed by atoms with E-state index in [1.165, 1.54) is 11.1 Å². The van der Waals surface area contributed by atoms with Crippen LogP contribution in [0.15, 0.2) is 24.3 Å². The minimum atomic E-state index is -0.360. The topological polar surface area (TPSA) is 35.2 Å². The zero-order valence-corrected chi connectivity index (χ0v) is 16.4. The molecule has 0 aliphatic carbocycles. The largest absolute Gasteiger partial charge is 0.368 e. The summed E-state index contributed by atoms with van der Waals surface area (Å²) in [4.78, 5) is 0. The summed E-state index contributed by atoms with van der Waals surface area (Å²) >= 11 is 0. The van der Waals surface area contributed by atoms with Crippen LogP contribution in [-0.2, 0) is 10.3 Å². The van der Waals surface area contributed by atoms with Crippen molar-refractivity contribution in [3.8, 4) is 0 Å². The van der Waals surface area contributed by atoms with E-state index in [4.69, 9.17) is 10.5 Å². The van der Waals surface area contributed by atoms with Gasteiger partial charge >= 0.3 is 0 Å². The summed E-state index contributed by atoms with van der Waals surface area (Å²) in [6, 6.07) is 8.41. The molecule has 0 saturated carbocycles. The molecule has 0 amide bonds. The van der Waals surface area contributed by atoms with E-state index in [-0.39, 0.29) is 17.2 Å². The van der Waals surface area contributed by atoms with E-state index in [1.54, 1.807) is 0 Å². The van der Waals surface area contributed by atoms with Crippen molar-refractivity contribution >= 4 is 0 Å². The number of nitrogens with two attached hydrogens (primary N) is 1. The lowest BCUT2D eigenvalue weighted by molar-refractivity contribution is -0.0997. The Morgan fingerprint density at radius 1 is 0.913 bits per heavy atom. The average Bonchev–Trinajstić information content (AvgIpc) is 2.35. The summed E-state index contributed by atoms with van der Waals surface area (Å²) in [6.07, 6.45) is 2.18. The molecule has 1 rings (SSSR count). The van der Waals surface area contributed by atoms with E-state index >= 15 is 0 Å². The lowest BCUT2D eigenvalue weighted by atomic mass is 9.85. The first-order chi connectivity index (χ1) is 10.4. The van der Waals surface area contributed by atoms with Crippen molar-refractivity contribution in [2.75, 3.05) is 0 Å². The van der Waals surface area contributed by atoms with E-state index in [0.717, 1.165) is 12.8 Å². The summed E-state index contributed by atoms with van der Waals surface area (Å²) in [5.74, 6) is 1.24. The Balaban J connectivity index is 3.06. The van der Waals surface area contributed by atoms with Gasteiger partial charge in [0, 0.05) is 5.54 Å². The number of benzene rings is 1. The van der Waals surface area contributed by atoms with Crippen LogP contribution in [0.1, 0.15) is 85.5 Å². The van der Waals surface area contributed by atoms with Crippen molar-refractivity contribution < 1.29 is 4.74 Å². The molecule has 1 aromatic carbocycles. The van der Waals surface area contributed by atoms with Crippen LogP contribution in [0.25, 0.3) is 0 Å². The molecule has 2 nitrogen and oxygen atoms in total. The second-order valence-electron chi connectivity index (χ2n) is 8.71. The molecule has 2 N–H and O–H groups in total. The molecule has 0 bridgehead atoms. The highest BCUT2D eigenvalue weighted by Gasteiger charge is 2.31. The third kappa shape index (κ3) is 6.27. The standard InChI is InChI=1S/C21H37NO/c1-15(2)13-21(8,14-16(3)4)23-17(5)18-11-9-10-12-19(18)20(6,7)22/h9-12,15-17H,13-14,22H2,1-8H3. The van der Waals surface area contributed by atoms with Crippen LogP contribution in [0.5, 0.6) is 0 Å². The van der Waals surface area contributed by atoms with Crippen molar-refractivity contribution in [1.82, 2.24) is 0 Å². The van der Waals surface area contributed by atoms with Crippen molar-refractivity contribution in [3.05, 3.63) is 35.4 Å². The summed E-state index contributed by atoms with van der Waals surface area (Å²) in [5.41, 5.74) is 8.28. The monoisotopic (exact) mass is 319 g/mol. The first-order valence-corrected chi connectivity index (χ1v) is 9.00. The Bertz CT molecular complexity index is 475. The molecular formula is C21H37NO. The molecule has 132 valence electrons. The van der Waals surface area contributed by atoms with Gasteiger partial charge in [-0.3, -0.25) is 0 Å². The van der Waals surface area contributed by atoms with Gasteiger partial charge in [0.25, 0.3) is 0 Å². The van der Waals surface area contributed by atoms with Gasteiger partial charge in [0.15, 0.2) is 0 Å². The van der Waals surface area contributed by atoms with Crippen LogP contribution in [-0.4, -0.2) is 5.60 Å². The predicted molar refractivity (Wildman–Crippen MR) is 100 cm³/mol. The minimum Gasteiger partial charge on any atom is -0.368 e. The predicted octanol–water partition coefficient (Wildman–Crippen LogP) is 5.81. The van der Waals surface area contributed by atoms with Crippen molar-refractivity contribution in [1.29, 1.82) is 0 Å². The zero-order chi connectivity index (χ0) is 17.8. The summed E-state index contributed by atoms with van der Waals surface area (Å²) in [5, 5.41) is 0. The summed E-state index contributed by atoms with van der Waals surface area (Å²) < 4.78 is 6.63. The third-order valence-corrected chi connectivity index (χ3v) is 4.23. The normalized spacial score (nSPS) is 14.6. The Hall–Kier alpha value is -0.860. The Labute approximate surface area is 143 Å². The van der Waals surface area contributed by atoms with E-state index in [2.05, 4.69) is 79.7 Å². The lowest BCUT2D eigenvalue weighted by Gasteiger charge is -2.37. The highest BCUT2D eigenvalue weighted by Crippen LogP contribution is 2.36. The fourth-order valence-electron chi connectivity index (χ4n) is 3.84. The molecule has 23 heavy (non-hydrogen) atoms. The molecule has 0 heterocycles. The van der Waals surface area contributed by atoms with Gasteiger partial charge in [0.05, 0.1) is 11.7 Å². The molecule has 0 fully saturated rings. The molecule has 0 spiro atoms. The molecule has 0 aliphatic rings. The number of hydrogen-bond acceptors (Lipinski definition) is 2. The molecule has 0 aromatic heterocycles. The molecule has 0 saturated heterocycles. The van der Waals surface area contributed by atoms with Gasteiger partial charge in [-0.2, -0.15) is 0 Å². The molecule has 1 aromatic rings. The quantitative estimate of drug-likeness (QED) is 0.656. The number of ether oxygens (including phenoxy) is 1. The SMILES string of the molecule is CC(C)CC(C)(CC(C)C)OC(C)c1ccccc1C(C)(C)N. The van der Waals surface area contributed by atoms with Crippen LogP contribution in [0.3, 0.4) is 0 Å². The Morgan fingerprint density at radius 3 is 1.83 bits per heavy atom. The maximum Gasteiger partial charge on any atom is 0.0807 e. The Kier molecular flexibility index (Phi) is 6.85. The maximum absolute atomic E-state index is 6.63. The first-order valence-electron chi connectivity index (χ1n) is 9.00. The van der Waals surface area contributed by atoms with Crippen LogP contribution < -0.4 is 5.73 Å². The fraction of sp³-hybridized carbons (Fsp3) is 0.714. The number of hydrogen-bond donors (Lipinski definition) is 1. The van der Waals surface area contributed by atoms with Crippen molar-refractivity contribution in [3.63, 3.8) is 0 Å². The van der Waals surface area contributed by atoms with Gasteiger partial charge in [-0.25, -0.2) is 0 Å². The zero-order valence-electron chi connectivity index (χ0n) is 16.4. The van der Waals surface area contributed by atoms with Gasteiger partial charge in [-0.15, -0.1) is 0 Å². The van der Waals surface area contributed by atoms with Crippen molar-refractivity contribution in [2.24, 2.45) is 17.6 Å². The van der Waals surface area contributed by atoms with E-state index < -0.39 is 0 Å². The average molecular weight is 320 g/mol. The molecular weight excluding hydrogens is 282 g/mol. The lowest BCUT2D eigenvalue weighted by Crippen LogP contribution is -2.35. The Morgan fingerprint density at radius 2 is 1.39 bits per heavy atom. The fourth-order valence-corrected chi connectivity index (χ4v) is 3.84. The highest BCUT2D eigenvalue weighted by molar-refractivity contribution is 5.34.